The summed E-state index contributed by atoms with van der Waals surface area (Å²) in [7, 11) is 0. The Morgan fingerprint density at radius 1 is 1.28 bits per heavy atom. The minimum atomic E-state index is 0.118. The van der Waals surface area contributed by atoms with Gasteiger partial charge in [-0.05, 0) is 62.9 Å². The molecule has 0 spiro atoms. The lowest BCUT2D eigenvalue weighted by Gasteiger charge is -2.14. The first-order valence-electron chi connectivity index (χ1n) is 6.34. The van der Waals surface area contributed by atoms with Crippen LogP contribution in [0.15, 0.2) is 27.1 Å². The first-order chi connectivity index (χ1) is 8.58. The van der Waals surface area contributed by atoms with Crippen molar-refractivity contribution >= 4 is 43.5 Å². The topological polar surface area (TPSA) is 29.1 Å². The predicted molar refractivity (Wildman–Crippen MR) is 83.8 cm³/mol. The van der Waals surface area contributed by atoms with Crippen molar-refractivity contribution in [3.63, 3.8) is 0 Å². The number of rotatable bonds is 6. The van der Waals surface area contributed by atoms with E-state index in [1.54, 1.807) is 0 Å². The van der Waals surface area contributed by atoms with E-state index in [1.165, 1.54) is 0 Å². The van der Waals surface area contributed by atoms with Gasteiger partial charge in [0.2, 0.25) is 5.91 Å². The maximum Gasteiger partial charge on any atom is 0.227 e. The third-order valence-electron chi connectivity index (χ3n) is 2.96. The van der Waals surface area contributed by atoms with Crippen molar-refractivity contribution in [1.29, 1.82) is 0 Å². The Balaban J connectivity index is 2.64. The summed E-state index contributed by atoms with van der Waals surface area (Å²) in [5, 5.41) is 2.98. The van der Waals surface area contributed by atoms with Crippen LogP contribution in [0.1, 0.15) is 39.5 Å². The molecule has 0 aliphatic heterocycles. The minimum Gasteiger partial charge on any atom is -0.326 e. The number of carbonyl (C=O) groups excluding carboxylic acids is 1. The van der Waals surface area contributed by atoms with Crippen LogP contribution in [0, 0.1) is 5.92 Å². The summed E-state index contributed by atoms with van der Waals surface area (Å²) < 4.78 is 1.93. The van der Waals surface area contributed by atoms with Gasteiger partial charge in [0.15, 0.2) is 0 Å². The molecule has 1 atom stereocenters. The van der Waals surface area contributed by atoms with Crippen molar-refractivity contribution in [3.05, 3.63) is 27.1 Å². The molecular formula is C14H19Br2NO. The molecule has 0 fully saturated rings. The highest BCUT2D eigenvalue weighted by molar-refractivity contribution is 9.13. The quantitative estimate of drug-likeness (QED) is 0.710. The van der Waals surface area contributed by atoms with Crippen molar-refractivity contribution in [3.8, 4) is 0 Å². The van der Waals surface area contributed by atoms with Gasteiger partial charge in [-0.15, -0.1) is 0 Å². The molecule has 0 aliphatic carbocycles. The molecule has 1 rings (SSSR count). The van der Waals surface area contributed by atoms with Gasteiger partial charge in [-0.1, -0.05) is 26.7 Å². The monoisotopic (exact) mass is 375 g/mol. The molecule has 1 amide bonds. The molecule has 1 aromatic carbocycles. The zero-order valence-electron chi connectivity index (χ0n) is 10.8. The second kappa shape index (κ2) is 7.95. The van der Waals surface area contributed by atoms with Crippen molar-refractivity contribution < 1.29 is 4.79 Å². The largest absolute Gasteiger partial charge is 0.326 e. The normalized spacial score (nSPS) is 12.2. The molecule has 18 heavy (non-hydrogen) atoms. The number of nitrogens with one attached hydrogen (secondary N) is 1. The van der Waals surface area contributed by atoms with Crippen molar-refractivity contribution in [2.45, 2.75) is 39.5 Å². The van der Waals surface area contributed by atoms with Gasteiger partial charge >= 0.3 is 0 Å². The molecule has 1 unspecified atom stereocenters. The number of carbonyl (C=O) groups is 1. The zero-order valence-corrected chi connectivity index (χ0v) is 14.0. The third kappa shape index (κ3) is 4.73. The summed E-state index contributed by atoms with van der Waals surface area (Å²) in [6, 6.07) is 5.74. The molecular weight excluding hydrogens is 358 g/mol. The summed E-state index contributed by atoms with van der Waals surface area (Å²) in [5.41, 5.74) is 0.838. The fourth-order valence-corrected chi connectivity index (χ4v) is 2.41. The molecule has 0 bridgehead atoms. The number of amides is 1. The van der Waals surface area contributed by atoms with Crippen LogP contribution in [0.2, 0.25) is 0 Å². The Labute approximate surface area is 126 Å². The van der Waals surface area contributed by atoms with E-state index in [2.05, 4.69) is 51.0 Å². The minimum absolute atomic E-state index is 0.118. The van der Waals surface area contributed by atoms with Crippen LogP contribution in [0.4, 0.5) is 5.69 Å². The Morgan fingerprint density at radius 3 is 2.56 bits per heavy atom. The summed E-state index contributed by atoms with van der Waals surface area (Å²) in [6.45, 7) is 4.22. The Morgan fingerprint density at radius 2 is 2.00 bits per heavy atom. The van der Waals surface area contributed by atoms with Crippen LogP contribution in [-0.4, -0.2) is 5.91 Å². The molecule has 0 aromatic heterocycles. The Hall–Kier alpha value is -0.350. The highest BCUT2D eigenvalue weighted by atomic mass is 79.9. The number of hydrogen-bond acceptors (Lipinski definition) is 1. The van der Waals surface area contributed by atoms with Gasteiger partial charge in [-0.3, -0.25) is 4.79 Å². The second-order valence-corrected chi connectivity index (χ2v) is 6.07. The second-order valence-electron chi connectivity index (χ2n) is 4.37. The lowest BCUT2D eigenvalue weighted by molar-refractivity contribution is -0.120. The fourth-order valence-electron chi connectivity index (χ4n) is 1.79. The number of anilines is 1. The predicted octanol–water partition coefficient (Wildman–Crippen LogP) is 5.37. The molecule has 100 valence electrons. The third-order valence-corrected chi connectivity index (χ3v) is 4.84. The number of halogens is 2. The van der Waals surface area contributed by atoms with Crippen LogP contribution in [-0.2, 0) is 4.79 Å². The van der Waals surface area contributed by atoms with E-state index in [-0.39, 0.29) is 11.8 Å². The highest BCUT2D eigenvalue weighted by Crippen LogP contribution is 2.26. The molecule has 0 aliphatic rings. The molecule has 4 heteroatoms. The van der Waals surface area contributed by atoms with Crippen LogP contribution in [0.25, 0.3) is 0 Å². The maximum absolute atomic E-state index is 12.1. The summed E-state index contributed by atoms with van der Waals surface area (Å²) in [4.78, 5) is 12.1. The van der Waals surface area contributed by atoms with E-state index in [1.807, 2.05) is 18.2 Å². The van der Waals surface area contributed by atoms with Crippen LogP contribution < -0.4 is 5.32 Å². The van der Waals surface area contributed by atoms with Crippen LogP contribution in [0.5, 0.6) is 0 Å². The molecule has 0 radical (unpaired) electrons. The first-order valence-corrected chi connectivity index (χ1v) is 7.93. The van der Waals surface area contributed by atoms with E-state index < -0.39 is 0 Å². The van der Waals surface area contributed by atoms with E-state index in [0.717, 1.165) is 40.3 Å². The van der Waals surface area contributed by atoms with E-state index >= 15 is 0 Å². The molecule has 1 N–H and O–H groups in total. The summed E-state index contributed by atoms with van der Waals surface area (Å²) >= 11 is 6.85. The van der Waals surface area contributed by atoms with Gasteiger partial charge in [0.25, 0.3) is 0 Å². The van der Waals surface area contributed by atoms with Crippen molar-refractivity contribution in [2.24, 2.45) is 5.92 Å². The summed E-state index contributed by atoms with van der Waals surface area (Å²) in [5.74, 6) is 0.243. The molecule has 2 nitrogen and oxygen atoms in total. The number of benzene rings is 1. The van der Waals surface area contributed by atoms with Gasteiger partial charge in [0.1, 0.15) is 0 Å². The highest BCUT2D eigenvalue weighted by Gasteiger charge is 2.15. The van der Waals surface area contributed by atoms with Crippen molar-refractivity contribution in [2.75, 3.05) is 5.32 Å². The van der Waals surface area contributed by atoms with E-state index in [9.17, 15) is 4.79 Å². The number of hydrogen-bond donors (Lipinski definition) is 1. The molecule has 0 saturated carbocycles. The van der Waals surface area contributed by atoms with Gasteiger partial charge in [-0.25, -0.2) is 0 Å². The van der Waals surface area contributed by atoms with Gasteiger partial charge in [0, 0.05) is 20.6 Å². The van der Waals surface area contributed by atoms with Gasteiger partial charge in [0.05, 0.1) is 0 Å². The standard InChI is InChI=1S/C14H19Br2NO/c1-3-5-6-10(4-2)14(18)17-11-7-8-12(15)13(16)9-11/h7-10H,3-6H2,1-2H3,(H,17,18). The Kier molecular flexibility index (Phi) is 6.94. The molecule has 0 saturated heterocycles. The number of unbranched alkanes of at least 4 members (excludes halogenated alkanes) is 1. The smallest absolute Gasteiger partial charge is 0.227 e. The van der Waals surface area contributed by atoms with E-state index in [0.29, 0.717) is 0 Å². The lowest BCUT2D eigenvalue weighted by atomic mass is 9.98. The Bertz CT molecular complexity index is 407. The summed E-state index contributed by atoms with van der Waals surface area (Å²) in [6.07, 6.45) is 4.10. The van der Waals surface area contributed by atoms with Crippen LogP contribution in [0.3, 0.4) is 0 Å². The van der Waals surface area contributed by atoms with Crippen LogP contribution >= 0.6 is 31.9 Å². The SMILES string of the molecule is CCCCC(CC)C(=O)Nc1ccc(Br)c(Br)c1. The van der Waals surface area contributed by atoms with E-state index in [4.69, 9.17) is 0 Å². The molecule has 0 heterocycles. The van der Waals surface area contributed by atoms with Gasteiger partial charge in [-0.2, -0.15) is 0 Å². The fraction of sp³-hybridized carbons (Fsp3) is 0.500. The average molecular weight is 377 g/mol. The van der Waals surface area contributed by atoms with Gasteiger partial charge < -0.3 is 5.32 Å². The average Bonchev–Trinajstić information content (AvgIpc) is 2.35. The lowest BCUT2D eigenvalue weighted by Crippen LogP contribution is -2.22. The zero-order chi connectivity index (χ0) is 13.5. The molecule has 1 aromatic rings. The maximum atomic E-state index is 12.1. The first kappa shape index (κ1) is 15.7. The van der Waals surface area contributed by atoms with Crippen molar-refractivity contribution in [1.82, 2.24) is 0 Å².